The van der Waals surface area contributed by atoms with E-state index < -0.39 is 5.92 Å². The highest BCUT2D eigenvalue weighted by molar-refractivity contribution is 5.98. The van der Waals surface area contributed by atoms with E-state index in [0.717, 1.165) is 0 Å². The molecule has 0 saturated heterocycles. The number of carbonyl (C=O) groups excluding carboxylic acids is 2. The molecular weight excluding hydrogens is 316 g/mol. The van der Waals surface area contributed by atoms with Crippen LogP contribution in [0, 0.1) is 11.8 Å². The van der Waals surface area contributed by atoms with Crippen molar-refractivity contribution in [1.29, 1.82) is 0 Å². The summed E-state index contributed by atoms with van der Waals surface area (Å²) in [5.74, 6) is -1.55. The molecule has 2 N–H and O–H groups in total. The van der Waals surface area contributed by atoms with Crippen molar-refractivity contribution in [2.45, 2.75) is 33.6 Å². The molecule has 0 bridgehead atoms. The zero-order valence-electron chi connectivity index (χ0n) is 15.0. The molecule has 2 aromatic rings. The van der Waals surface area contributed by atoms with Gasteiger partial charge in [-0.2, -0.15) is 0 Å². The number of carbonyl (C=O) groups is 2. The van der Waals surface area contributed by atoms with E-state index in [1.165, 1.54) is 12.1 Å². The maximum absolute atomic E-state index is 12.8. The van der Waals surface area contributed by atoms with E-state index in [2.05, 4.69) is 0 Å². The minimum atomic E-state index is -0.788. The Labute approximate surface area is 148 Å². The van der Waals surface area contributed by atoms with Gasteiger partial charge in [0.05, 0.1) is 5.92 Å². The Morgan fingerprint density at radius 2 is 1.40 bits per heavy atom. The van der Waals surface area contributed by atoms with Crippen LogP contribution in [0.4, 0.5) is 0 Å². The molecule has 0 saturated carbocycles. The minimum absolute atomic E-state index is 0.00299. The molecule has 0 aliphatic heterocycles. The molecule has 4 nitrogen and oxygen atoms in total. The summed E-state index contributed by atoms with van der Waals surface area (Å²) < 4.78 is 0. The third-order valence-corrected chi connectivity index (χ3v) is 4.25. The summed E-state index contributed by atoms with van der Waals surface area (Å²) >= 11 is 0. The fraction of sp³-hybridized carbons (Fsp3) is 0.333. The van der Waals surface area contributed by atoms with E-state index in [4.69, 9.17) is 0 Å². The number of aromatic hydroxyl groups is 2. The molecule has 132 valence electrons. The Hall–Kier alpha value is -2.62. The van der Waals surface area contributed by atoms with Crippen LogP contribution < -0.4 is 0 Å². The van der Waals surface area contributed by atoms with E-state index in [0.29, 0.717) is 16.7 Å². The lowest BCUT2D eigenvalue weighted by Crippen LogP contribution is -2.20. The zero-order valence-corrected chi connectivity index (χ0v) is 15.0. The van der Waals surface area contributed by atoms with Crippen molar-refractivity contribution in [2.24, 2.45) is 11.8 Å². The van der Waals surface area contributed by atoms with Gasteiger partial charge in [0.2, 0.25) is 0 Å². The normalized spacial score (nSPS) is 12.4. The molecule has 0 spiro atoms. The van der Waals surface area contributed by atoms with Crippen molar-refractivity contribution in [3.8, 4) is 11.5 Å². The summed E-state index contributed by atoms with van der Waals surface area (Å²) in [5.41, 5.74) is 1.24. The third kappa shape index (κ3) is 3.90. The largest absolute Gasteiger partial charge is 0.508 e. The van der Waals surface area contributed by atoms with Crippen molar-refractivity contribution in [1.82, 2.24) is 0 Å². The van der Waals surface area contributed by atoms with Gasteiger partial charge in [0.25, 0.3) is 0 Å². The fourth-order valence-electron chi connectivity index (χ4n) is 2.81. The number of ketones is 2. The summed E-state index contributed by atoms with van der Waals surface area (Å²) in [7, 11) is 0. The second-order valence-electron chi connectivity index (χ2n) is 6.84. The molecule has 0 fully saturated rings. The lowest BCUT2D eigenvalue weighted by Gasteiger charge is -2.21. The standard InChI is InChI=1S/C21H24O4/c1-12(2)20(24)14-9-10-16(18(23)11-14)19(21(25)13(3)4)15-7-5-6-8-17(15)22/h5-13,19,22-23H,1-4H3. The van der Waals surface area contributed by atoms with Gasteiger partial charge in [0.1, 0.15) is 17.3 Å². The predicted molar refractivity (Wildman–Crippen MR) is 97.1 cm³/mol. The molecule has 0 heterocycles. The second kappa shape index (κ2) is 7.51. The van der Waals surface area contributed by atoms with Crippen molar-refractivity contribution in [3.63, 3.8) is 0 Å². The van der Waals surface area contributed by atoms with Crippen LogP contribution in [0.25, 0.3) is 0 Å². The maximum atomic E-state index is 12.8. The van der Waals surface area contributed by atoms with Gasteiger partial charge in [0.15, 0.2) is 5.78 Å². The Bertz CT molecular complexity index is 790. The Morgan fingerprint density at radius 1 is 0.800 bits per heavy atom. The number of hydrogen-bond donors (Lipinski definition) is 2. The molecule has 4 heteroatoms. The highest BCUT2D eigenvalue weighted by Gasteiger charge is 2.29. The number of para-hydroxylation sites is 1. The summed E-state index contributed by atoms with van der Waals surface area (Å²) in [5, 5.41) is 20.7. The van der Waals surface area contributed by atoms with E-state index in [-0.39, 0.29) is 34.9 Å². The first-order valence-corrected chi connectivity index (χ1v) is 8.42. The van der Waals surface area contributed by atoms with Crippen molar-refractivity contribution in [2.75, 3.05) is 0 Å². The number of phenols is 2. The van der Waals surface area contributed by atoms with E-state index >= 15 is 0 Å². The van der Waals surface area contributed by atoms with Gasteiger partial charge in [-0.1, -0.05) is 58.0 Å². The van der Waals surface area contributed by atoms with Gasteiger partial charge in [0, 0.05) is 28.5 Å². The number of phenolic OH excluding ortho intramolecular Hbond substituents is 2. The molecule has 0 radical (unpaired) electrons. The van der Waals surface area contributed by atoms with Gasteiger partial charge in [-0.25, -0.2) is 0 Å². The smallest absolute Gasteiger partial charge is 0.165 e. The van der Waals surface area contributed by atoms with Crippen LogP contribution in [0.3, 0.4) is 0 Å². The molecule has 0 amide bonds. The summed E-state index contributed by atoms with van der Waals surface area (Å²) in [6, 6.07) is 11.2. The van der Waals surface area contributed by atoms with Gasteiger partial charge in [-0.15, -0.1) is 0 Å². The van der Waals surface area contributed by atoms with Gasteiger partial charge < -0.3 is 10.2 Å². The van der Waals surface area contributed by atoms with Crippen molar-refractivity contribution in [3.05, 3.63) is 59.2 Å². The molecule has 0 aromatic heterocycles. The number of hydrogen-bond acceptors (Lipinski definition) is 4. The van der Waals surface area contributed by atoms with E-state index in [1.54, 1.807) is 58.0 Å². The number of benzene rings is 2. The van der Waals surface area contributed by atoms with Crippen LogP contribution in [0.2, 0.25) is 0 Å². The van der Waals surface area contributed by atoms with Crippen LogP contribution in [0.1, 0.15) is 55.1 Å². The number of Topliss-reactive ketones (excluding diaryl/α,β-unsaturated/α-hetero) is 2. The third-order valence-electron chi connectivity index (χ3n) is 4.25. The SMILES string of the molecule is CC(C)C(=O)c1ccc(C(C(=O)C(C)C)c2ccccc2O)c(O)c1. The lowest BCUT2D eigenvalue weighted by molar-refractivity contribution is -0.122. The summed E-state index contributed by atoms with van der Waals surface area (Å²) in [4.78, 5) is 24.9. The molecule has 25 heavy (non-hydrogen) atoms. The molecule has 1 unspecified atom stereocenters. The van der Waals surface area contributed by atoms with Gasteiger partial charge in [-0.05, 0) is 12.1 Å². The average molecular weight is 340 g/mol. The zero-order chi connectivity index (χ0) is 18.7. The molecule has 0 aliphatic carbocycles. The summed E-state index contributed by atoms with van der Waals surface area (Å²) in [6.07, 6.45) is 0. The first kappa shape index (κ1) is 18.7. The van der Waals surface area contributed by atoms with Crippen LogP contribution in [0.5, 0.6) is 11.5 Å². The number of rotatable bonds is 6. The Kier molecular flexibility index (Phi) is 5.62. The monoisotopic (exact) mass is 340 g/mol. The molecular formula is C21H24O4. The van der Waals surface area contributed by atoms with Gasteiger partial charge >= 0.3 is 0 Å². The van der Waals surface area contributed by atoms with E-state index in [1.807, 2.05) is 0 Å². The molecule has 2 aromatic carbocycles. The van der Waals surface area contributed by atoms with E-state index in [9.17, 15) is 19.8 Å². The first-order chi connectivity index (χ1) is 11.7. The lowest BCUT2D eigenvalue weighted by atomic mass is 9.82. The minimum Gasteiger partial charge on any atom is -0.508 e. The maximum Gasteiger partial charge on any atom is 0.165 e. The van der Waals surface area contributed by atoms with Crippen molar-refractivity contribution >= 4 is 11.6 Å². The highest BCUT2D eigenvalue weighted by atomic mass is 16.3. The molecule has 0 aliphatic rings. The quantitative estimate of drug-likeness (QED) is 0.769. The van der Waals surface area contributed by atoms with Crippen LogP contribution in [0.15, 0.2) is 42.5 Å². The van der Waals surface area contributed by atoms with Crippen LogP contribution in [-0.2, 0) is 4.79 Å². The van der Waals surface area contributed by atoms with Crippen LogP contribution in [-0.4, -0.2) is 21.8 Å². The Balaban J connectivity index is 2.58. The average Bonchev–Trinajstić information content (AvgIpc) is 2.56. The second-order valence-corrected chi connectivity index (χ2v) is 6.84. The predicted octanol–water partition coefficient (Wildman–Crippen LogP) is 4.29. The van der Waals surface area contributed by atoms with Crippen molar-refractivity contribution < 1.29 is 19.8 Å². The van der Waals surface area contributed by atoms with Crippen LogP contribution >= 0.6 is 0 Å². The molecule has 2 rings (SSSR count). The Morgan fingerprint density at radius 3 is 1.92 bits per heavy atom. The summed E-state index contributed by atoms with van der Waals surface area (Å²) in [6.45, 7) is 7.15. The highest BCUT2D eigenvalue weighted by Crippen LogP contribution is 2.38. The first-order valence-electron chi connectivity index (χ1n) is 8.42. The molecule has 1 atom stereocenters. The fourth-order valence-corrected chi connectivity index (χ4v) is 2.81. The van der Waals surface area contributed by atoms with Gasteiger partial charge in [-0.3, -0.25) is 9.59 Å². The topological polar surface area (TPSA) is 74.6 Å².